The van der Waals surface area contributed by atoms with Gasteiger partial charge in [-0.2, -0.15) is 4.98 Å². The first kappa shape index (κ1) is 16.9. The number of aromatic nitrogens is 2. The van der Waals surface area contributed by atoms with Crippen molar-refractivity contribution in [3.8, 4) is 0 Å². The molecule has 8 heteroatoms. The van der Waals surface area contributed by atoms with Gasteiger partial charge in [-0.05, 0) is 36.5 Å². The number of aliphatic hydroxyl groups excluding tert-OH is 1. The fourth-order valence-electron chi connectivity index (χ4n) is 3.28. The van der Waals surface area contributed by atoms with Gasteiger partial charge in [-0.15, -0.1) is 11.3 Å². The number of rotatable bonds is 4. The van der Waals surface area contributed by atoms with Crippen molar-refractivity contribution in [2.24, 2.45) is 5.92 Å². The van der Waals surface area contributed by atoms with Crippen molar-refractivity contribution in [2.45, 2.75) is 25.0 Å². The second-order valence-electron chi connectivity index (χ2n) is 6.42. The first-order chi connectivity index (χ1) is 12.5. The van der Waals surface area contributed by atoms with Gasteiger partial charge in [0.2, 0.25) is 0 Å². The maximum Gasteiger partial charge on any atom is 0.274 e. The summed E-state index contributed by atoms with van der Waals surface area (Å²) in [4.78, 5) is 28.9. The maximum absolute atomic E-state index is 13.2. The Morgan fingerprint density at radius 1 is 1.35 bits per heavy atom. The third-order valence-corrected chi connectivity index (χ3v) is 5.44. The van der Waals surface area contributed by atoms with Crippen LogP contribution in [-0.4, -0.2) is 26.5 Å². The lowest BCUT2D eigenvalue weighted by molar-refractivity contribution is 0.0234. The molecule has 1 aliphatic carbocycles. The molecule has 0 radical (unpaired) electrons. The quantitative estimate of drug-likeness (QED) is 0.734. The van der Waals surface area contributed by atoms with Crippen LogP contribution in [-0.2, 0) is 0 Å². The van der Waals surface area contributed by atoms with E-state index in [2.05, 4.69) is 10.3 Å². The molecular weight excluding hydrogens is 357 g/mol. The minimum absolute atomic E-state index is 0.0518. The van der Waals surface area contributed by atoms with Gasteiger partial charge in [-0.1, -0.05) is 12.1 Å². The highest BCUT2D eigenvalue weighted by Crippen LogP contribution is 2.38. The average Bonchev–Trinajstić information content (AvgIpc) is 3.05. The molecule has 2 aromatic heterocycles. The van der Waals surface area contributed by atoms with Crippen molar-refractivity contribution in [3.63, 3.8) is 0 Å². The summed E-state index contributed by atoms with van der Waals surface area (Å²) in [5.41, 5.74) is 0.489. The van der Waals surface area contributed by atoms with Crippen molar-refractivity contribution >= 4 is 22.2 Å². The molecule has 6 nitrogen and oxygen atoms in total. The molecule has 0 aliphatic heterocycles. The van der Waals surface area contributed by atoms with Gasteiger partial charge in [0.1, 0.15) is 11.5 Å². The Labute approximate surface area is 151 Å². The molecule has 1 atom stereocenters. The number of thiazole rings is 1. The van der Waals surface area contributed by atoms with Crippen LogP contribution >= 0.6 is 11.3 Å². The number of hydrogen-bond donors (Lipinski definition) is 2. The number of aliphatic hydroxyl groups is 1. The zero-order chi connectivity index (χ0) is 18.3. The summed E-state index contributed by atoms with van der Waals surface area (Å²) < 4.78 is 14.8. The van der Waals surface area contributed by atoms with Gasteiger partial charge in [0.25, 0.3) is 11.5 Å². The summed E-state index contributed by atoms with van der Waals surface area (Å²) in [6.07, 6.45) is 2.42. The molecule has 2 heterocycles. The van der Waals surface area contributed by atoms with Gasteiger partial charge >= 0.3 is 0 Å². The Hall–Kier alpha value is -2.58. The van der Waals surface area contributed by atoms with Gasteiger partial charge in [0.05, 0.1) is 12.1 Å². The van der Waals surface area contributed by atoms with Gasteiger partial charge in [0, 0.05) is 17.6 Å². The van der Waals surface area contributed by atoms with E-state index in [-0.39, 0.29) is 29.6 Å². The summed E-state index contributed by atoms with van der Waals surface area (Å²) in [5, 5.41) is 14.3. The molecule has 0 saturated heterocycles. The normalized spacial score (nSPS) is 20.5. The first-order valence-corrected chi connectivity index (χ1v) is 9.10. The monoisotopic (exact) mass is 373 g/mol. The van der Waals surface area contributed by atoms with Crippen LogP contribution in [0.1, 0.15) is 34.9 Å². The fourth-order valence-corrected chi connectivity index (χ4v) is 4.00. The van der Waals surface area contributed by atoms with Gasteiger partial charge in [-0.3, -0.25) is 14.0 Å². The predicted octanol–water partition coefficient (Wildman–Crippen LogP) is 2.14. The summed E-state index contributed by atoms with van der Waals surface area (Å²) >= 11 is 1.27. The Kier molecular flexibility index (Phi) is 4.29. The molecule has 1 aromatic carbocycles. The van der Waals surface area contributed by atoms with Crippen LogP contribution in [0.15, 0.2) is 46.7 Å². The first-order valence-electron chi connectivity index (χ1n) is 8.22. The number of amides is 1. The summed E-state index contributed by atoms with van der Waals surface area (Å²) in [5.74, 6) is -0.710. The molecule has 1 fully saturated rings. The molecule has 26 heavy (non-hydrogen) atoms. The van der Waals surface area contributed by atoms with E-state index in [1.165, 1.54) is 29.5 Å². The molecular formula is C18H16FN3O3S. The van der Waals surface area contributed by atoms with E-state index in [1.807, 2.05) is 0 Å². The van der Waals surface area contributed by atoms with E-state index in [0.717, 1.165) is 5.56 Å². The SMILES string of the molecule is O=C(N[C@@H](c1ccc(F)cc1)C1CC(O)C1)c1cc(=O)nc2sccn12. The summed E-state index contributed by atoms with van der Waals surface area (Å²) in [6, 6.07) is 6.78. The number of benzene rings is 1. The molecule has 4 rings (SSSR count). The van der Waals surface area contributed by atoms with Crippen LogP contribution in [0.3, 0.4) is 0 Å². The minimum Gasteiger partial charge on any atom is -0.393 e. The Bertz CT molecular complexity index is 1010. The standard InChI is InChI=1S/C18H16FN3O3S/c19-12-3-1-10(2-4-12)16(11-7-13(23)8-11)21-17(25)14-9-15(24)20-18-22(14)5-6-26-18/h1-6,9,11,13,16,23H,7-8H2,(H,21,25)/t11?,13?,16-/m0/s1. The number of carbonyl (C=O) groups is 1. The predicted molar refractivity (Wildman–Crippen MR) is 94.7 cm³/mol. The summed E-state index contributed by atoms with van der Waals surface area (Å²) in [6.45, 7) is 0. The van der Waals surface area contributed by atoms with E-state index in [9.17, 15) is 19.1 Å². The molecule has 0 bridgehead atoms. The van der Waals surface area contributed by atoms with Crippen molar-refractivity contribution in [2.75, 3.05) is 0 Å². The van der Waals surface area contributed by atoms with E-state index < -0.39 is 11.5 Å². The molecule has 1 saturated carbocycles. The number of fused-ring (bicyclic) bond motifs is 1. The highest BCUT2D eigenvalue weighted by molar-refractivity contribution is 7.15. The van der Waals surface area contributed by atoms with Gasteiger partial charge in [0.15, 0.2) is 4.96 Å². The lowest BCUT2D eigenvalue weighted by Crippen LogP contribution is -2.42. The van der Waals surface area contributed by atoms with Crippen LogP contribution < -0.4 is 10.9 Å². The number of nitrogens with one attached hydrogen (secondary N) is 1. The van der Waals surface area contributed by atoms with Crippen LogP contribution in [0.25, 0.3) is 4.96 Å². The highest BCUT2D eigenvalue weighted by Gasteiger charge is 2.36. The van der Waals surface area contributed by atoms with Crippen LogP contribution in [0.4, 0.5) is 4.39 Å². The average molecular weight is 373 g/mol. The van der Waals surface area contributed by atoms with E-state index in [1.54, 1.807) is 28.1 Å². The third kappa shape index (κ3) is 3.13. The molecule has 2 N–H and O–H groups in total. The zero-order valence-corrected chi connectivity index (χ0v) is 14.4. The number of hydrogen-bond acceptors (Lipinski definition) is 5. The molecule has 1 amide bonds. The Morgan fingerprint density at radius 2 is 2.08 bits per heavy atom. The number of halogens is 1. The Balaban J connectivity index is 1.66. The lowest BCUT2D eigenvalue weighted by Gasteiger charge is -2.38. The molecule has 3 aromatic rings. The third-order valence-electron chi connectivity index (χ3n) is 4.68. The Morgan fingerprint density at radius 3 is 2.77 bits per heavy atom. The van der Waals surface area contributed by atoms with E-state index >= 15 is 0 Å². The second-order valence-corrected chi connectivity index (χ2v) is 7.30. The van der Waals surface area contributed by atoms with E-state index in [4.69, 9.17) is 0 Å². The largest absolute Gasteiger partial charge is 0.393 e. The topological polar surface area (TPSA) is 83.7 Å². The zero-order valence-electron chi connectivity index (χ0n) is 13.6. The second kappa shape index (κ2) is 6.62. The highest BCUT2D eigenvalue weighted by atomic mass is 32.1. The van der Waals surface area contributed by atoms with Crippen molar-refractivity contribution in [1.29, 1.82) is 0 Å². The lowest BCUT2D eigenvalue weighted by atomic mass is 9.75. The molecule has 0 unspecified atom stereocenters. The van der Waals surface area contributed by atoms with Crippen LogP contribution in [0.5, 0.6) is 0 Å². The number of carbonyl (C=O) groups excluding carboxylic acids is 1. The van der Waals surface area contributed by atoms with Crippen LogP contribution in [0.2, 0.25) is 0 Å². The molecule has 1 aliphatic rings. The van der Waals surface area contributed by atoms with Crippen molar-refractivity contribution < 1.29 is 14.3 Å². The van der Waals surface area contributed by atoms with Crippen molar-refractivity contribution in [1.82, 2.24) is 14.7 Å². The van der Waals surface area contributed by atoms with E-state index in [0.29, 0.717) is 17.8 Å². The number of nitrogens with zero attached hydrogens (tertiary/aromatic N) is 2. The minimum atomic E-state index is -0.477. The smallest absolute Gasteiger partial charge is 0.274 e. The molecule has 0 spiro atoms. The van der Waals surface area contributed by atoms with Gasteiger partial charge in [-0.25, -0.2) is 4.39 Å². The van der Waals surface area contributed by atoms with Crippen molar-refractivity contribution in [3.05, 3.63) is 69.3 Å². The maximum atomic E-state index is 13.2. The van der Waals surface area contributed by atoms with Gasteiger partial charge < -0.3 is 10.4 Å². The van der Waals surface area contributed by atoms with Crippen LogP contribution in [0, 0.1) is 11.7 Å². The molecule has 134 valence electrons. The fraction of sp³-hybridized carbons (Fsp3) is 0.278. The summed E-state index contributed by atoms with van der Waals surface area (Å²) in [7, 11) is 0.